The molecule has 17 heavy (non-hydrogen) atoms. The van der Waals surface area contributed by atoms with Crippen LogP contribution in [-0.4, -0.2) is 30.0 Å². The molecular weight excluding hydrogens is 217 g/mol. The monoisotopic (exact) mass is 243 g/mol. The van der Waals surface area contributed by atoms with Gasteiger partial charge in [-0.1, -0.05) is 6.42 Å². The van der Waals surface area contributed by atoms with Gasteiger partial charge in [-0.15, -0.1) is 0 Å². The number of alkyl halides is 1. The van der Waals surface area contributed by atoms with Gasteiger partial charge in [0.1, 0.15) is 6.17 Å². The highest BCUT2D eigenvalue weighted by molar-refractivity contribution is 5.00. The van der Waals surface area contributed by atoms with Crippen molar-refractivity contribution in [1.82, 2.24) is 5.32 Å². The summed E-state index contributed by atoms with van der Waals surface area (Å²) in [5, 5.41) is 3.33. The van der Waals surface area contributed by atoms with Crippen molar-refractivity contribution < 1.29 is 9.13 Å². The van der Waals surface area contributed by atoms with E-state index < -0.39 is 6.17 Å². The number of hydrogen-bond donors (Lipinski definition) is 1. The van der Waals surface area contributed by atoms with Crippen LogP contribution in [0.15, 0.2) is 0 Å². The van der Waals surface area contributed by atoms with Gasteiger partial charge in [-0.2, -0.15) is 0 Å². The van der Waals surface area contributed by atoms with Crippen molar-refractivity contribution >= 4 is 0 Å². The highest BCUT2D eigenvalue weighted by Crippen LogP contribution is 2.45. The van der Waals surface area contributed by atoms with Crippen molar-refractivity contribution in [2.75, 3.05) is 6.54 Å². The topological polar surface area (TPSA) is 21.3 Å². The quantitative estimate of drug-likeness (QED) is 0.805. The first-order valence-corrected chi connectivity index (χ1v) is 6.89. The largest absolute Gasteiger partial charge is 0.369 e. The normalized spacial score (nSPS) is 37.9. The Morgan fingerprint density at radius 2 is 1.94 bits per heavy atom. The van der Waals surface area contributed by atoms with E-state index in [9.17, 15) is 4.39 Å². The Morgan fingerprint density at radius 1 is 1.24 bits per heavy atom. The van der Waals surface area contributed by atoms with Gasteiger partial charge in [0.05, 0.1) is 11.2 Å². The summed E-state index contributed by atoms with van der Waals surface area (Å²) in [6.45, 7) is 9.15. The van der Waals surface area contributed by atoms with Gasteiger partial charge < -0.3 is 10.1 Å². The first kappa shape index (κ1) is 13.3. The van der Waals surface area contributed by atoms with Crippen molar-refractivity contribution in [3.8, 4) is 0 Å². The molecule has 2 aliphatic heterocycles. The van der Waals surface area contributed by atoms with Crippen LogP contribution in [0.25, 0.3) is 0 Å². The number of halogens is 1. The third kappa shape index (κ3) is 2.82. The summed E-state index contributed by atoms with van der Waals surface area (Å²) in [7, 11) is 0. The molecule has 1 N–H and O–H groups in total. The van der Waals surface area contributed by atoms with E-state index in [1.165, 1.54) is 6.42 Å². The summed E-state index contributed by atoms with van der Waals surface area (Å²) >= 11 is 0. The smallest absolute Gasteiger partial charge is 0.121 e. The lowest BCUT2D eigenvalue weighted by Crippen LogP contribution is -2.48. The molecule has 2 rings (SSSR count). The number of ether oxygens (including phenoxy) is 1. The van der Waals surface area contributed by atoms with E-state index in [0.717, 1.165) is 25.8 Å². The summed E-state index contributed by atoms with van der Waals surface area (Å²) in [6.07, 6.45) is 3.33. The van der Waals surface area contributed by atoms with Crippen LogP contribution in [-0.2, 0) is 4.74 Å². The maximum atomic E-state index is 14.7. The first-order valence-electron chi connectivity index (χ1n) is 6.89. The minimum Gasteiger partial charge on any atom is -0.369 e. The van der Waals surface area contributed by atoms with Crippen LogP contribution in [0.1, 0.15) is 53.4 Å². The molecule has 0 aliphatic carbocycles. The van der Waals surface area contributed by atoms with E-state index in [4.69, 9.17) is 4.74 Å². The van der Waals surface area contributed by atoms with Crippen LogP contribution in [0.4, 0.5) is 4.39 Å². The van der Waals surface area contributed by atoms with E-state index >= 15 is 0 Å². The van der Waals surface area contributed by atoms with Crippen LogP contribution >= 0.6 is 0 Å². The fourth-order valence-electron chi connectivity index (χ4n) is 3.53. The zero-order chi connectivity index (χ0) is 12.7. The molecule has 0 saturated carbocycles. The van der Waals surface area contributed by atoms with Crippen LogP contribution in [0.3, 0.4) is 0 Å². The SMILES string of the molecule is CC1(C)CC(C(F)C2CCCCN2)C(C)(C)O1. The second-order valence-corrected chi connectivity index (χ2v) is 6.78. The Bertz CT molecular complexity index is 271. The van der Waals surface area contributed by atoms with Crippen LogP contribution in [0.5, 0.6) is 0 Å². The molecular formula is C14H26FNO. The molecule has 2 nitrogen and oxygen atoms in total. The number of nitrogens with one attached hydrogen (secondary N) is 1. The first-order chi connectivity index (χ1) is 7.82. The molecule has 0 aromatic rings. The van der Waals surface area contributed by atoms with Gasteiger partial charge in [-0.05, 0) is 53.5 Å². The van der Waals surface area contributed by atoms with Gasteiger partial charge in [-0.3, -0.25) is 0 Å². The van der Waals surface area contributed by atoms with Crippen LogP contribution < -0.4 is 5.32 Å². The van der Waals surface area contributed by atoms with Gasteiger partial charge in [0.25, 0.3) is 0 Å². The lowest BCUT2D eigenvalue weighted by molar-refractivity contribution is -0.0838. The third-order valence-corrected chi connectivity index (χ3v) is 4.26. The Morgan fingerprint density at radius 3 is 2.41 bits per heavy atom. The zero-order valence-corrected chi connectivity index (χ0v) is 11.6. The maximum Gasteiger partial charge on any atom is 0.121 e. The van der Waals surface area contributed by atoms with Crippen molar-refractivity contribution in [2.45, 2.75) is 76.8 Å². The molecule has 3 unspecified atom stereocenters. The lowest BCUT2D eigenvalue weighted by atomic mass is 9.79. The average molecular weight is 243 g/mol. The van der Waals surface area contributed by atoms with Crippen molar-refractivity contribution in [1.29, 1.82) is 0 Å². The van der Waals surface area contributed by atoms with Crippen molar-refractivity contribution in [2.24, 2.45) is 5.92 Å². The van der Waals surface area contributed by atoms with Crippen molar-refractivity contribution in [3.05, 3.63) is 0 Å². The van der Waals surface area contributed by atoms with Gasteiger partial charge in [0, 0.05) is 12.0 Å². The second-order valence-electron chi connectivity index (χ2n) is 6.78. The van der Waals surface area contributed by atoms with E-state index in [1.807, 2.05) is 13.8 Å². The molecule has 100 valence electrons. The minimum absolute atomic E-state index is 0.00750. The number of rotatable bonds is 2. The van der Waals surface area contributed by atoms with E-state index in [2.05, 4.69) is 19.2 Å². The predicted octanol–water partition coefficient (Wildman–Crippen LogP) is 3.06. The summed E-state index contributed by atoms with van der Waals surface area (Å²) < 4.78 is 20.7. The Kier molecular flexibility index (Phi) is 3.52. The van der Waals surface area contributed by atoms with Gasteiger partial charge in [0.2, 0.25) is 0 Å². The van der Waals surface area contributed by atoms with Gasteiger partial charge >= 0.3 is 0 Å². The van der Waals surface area contributed by atoms with Gasteiger partial charge in [0.15, 0.2) is 0 Å². The molecule has 0 aromatic carbocycles. The average Bonchev–Trinajstić information content (AvgIpc) is 2.47. The molecule has 0 amide bonds. The molecule has 2 saturated heterocycles. The molecule has 0 aromatic heterocycles. The highest BCUT2D eigenvalue weighted by atomic mass is 19.1. The highest BCUT2D eigenvalue weighted by Gasteiger charge is 2.51. The van der Waals surface area contributed by atoms with E-state index in [-0.39, 0.29) is 23.2 Å². The van der Waals surface area contributed by atoms with Gasteiger partial charge in [-0.25, -0.2) is 4.39 Å². The molecule has 3 heteroatoms. The molecule has 3 atom stereocenters. The fraction of sp³-hybridized carbons (Fsp3) is 1.00. The summed E-state index contributed by atoms with van der Waals surface area (Å²) in [6, 6.07) is 0.0329. The molecule has 0 radical (unpaired) electrons. The zero-order valence-electron chi connectivity index (χ0n) is 11.6. The summed E-state index contributed by atoms with van der Waals surface area (Å²) in [4.78, 5) is 0. The van der Waals surface area contributed by atoms with Crippen molar-refractivity contribution in [3.63, 3.8) is 0 Å². The summed E-state index contributed by atoms with van der Waals surface area (Å²) in [5.74, 6) is 0.00750. The lowest BCUT2D eigenvalue weighted by Gasteiger charge is -2.35. The fourth-order valence-corrected chi connectivity index (χ4v) is 3.53. The molecule has 2 heterocycles. The Hall–Kier alpha value is -0.150. The minimum atomic E-state index is -0.785. The molecule has 0 bridgehead atoms. The number of piperidine rings is 1. The van der Waals surface area contributed by atoms with E-state index in [1.54, 1.807) is 0 Å². The standard InChI is InChI=1S/C14H26FNO/c1-13(2)9-10(14(3,4)17-13)12(15)11-7-5-6-8-16-11/h10-12,16H,5-9H2,1-4H3. The summed E-state index contributed by atoms with van der Waals surface area (Å²) in [5.41, 5.74) is -0.533. The maximum absolute atomic E-state index is 14.7. The molecule has 2 aliphatic rings. The van der Waals surface area contributed by atoms with E-state index in [0.29, 0.717) is 0 Å². The Labute approximate surface area is 104 Å². The Balaban J connectivity index is 2.05. The van der Waals surface area contributed by atoms with Crippen LogP contribution in [0, 0.1) is 5.92 Å². The third-order valence-electron chi connectivity index (χ3n) is 4.26. The predicted molar refractivity (Wildman–Crippen MR) is 67.9 cm³/mol. The molecule has 0 spiro atoms. The number of hydrogen-bond acceptors (Lipinski definition) is 2. The molecule has 2 fully saturated rings. The second kappa shape index (κ2) is 4.51. The van der Waals surface area contributed by atoms with Crippen LogP contribution in [0.2, 0.25) is 0 Å².